The second kappa shape index (κ2) is 38.5. The third-order valence-corrected chi connectivity index (χ3v) is 20.8. The minimum atomic E-state index is -4.99. The summed E-state index contributed by atoms with van der Waals surface area (Å²) in [6.07, 6.45) is 0.877. The highest BCUT2D eigenvalue weighted by Crippen LogP contribution is 2.54. The lowest BCUT2D eigenvalue weighted by molar-refractivity contribution is 0.0181. The minimum absolute atomic E-state index is 0.00464. The second-order valence-electron chi connectivity index (χ2n) is 29.1. The van der Waals surface area contributed by atoms with Crippen LogP contribution in [0.3, 0.4) is 0 Å². The monoisotopic (exact) mass is 1650 g/mol. The summed E-state index contributed by atoms with van der Waals surface area (Å²) >= 11 is 18.8. The summed E-state index contributed by atoms with van der Waals surface area (Å²) in [5.74, 6) is -3.77. The molecule has 0 saturated heterocycles. The number of rotatable bonds is 33. The normalized spacial score (nSPS) is 12.7. The number of nitrogens with zero attached hydrogens (tertiary/aromatic N) is 6. The van der Waals surface area contributed by atoms with Gasteiger partial charge in [0.25, 0.3) is 0 Å². The highest BCUT2D eigenvalue weighted by atomic mass is 35.5. The SMILES string of the molecule is CN(C(=O)NCc1cccc(F)c1Cl)[C@H](COC(=O)Nc1cc2cc(F)ccc2cn1)CC(C)(C)COP(=O)(OCC(C)(C)C[C@@H](COC(=O)Nc1cc2cc(F)ccc2cn1)N(C)C(=O)NCc1cccc(F)c1Cl)OCC(C)(C)C[C@@H](COC(=O)Nc1cc2cc(F)ccc2cn1)N(C)C(=O)NCc1cccc(F)c1Cl. The average molecular weight is 1650 g/mol. The Balaban J connectivity index is 0.983. The zero-order chi connectivity index (χ0) is 82.1. The lowest BCUT2D eigenvalue weighted by atomic mass is 9.86. The number of likely N-dealkylation sites (N-methyl/N-ethyl adjacent to an activating group) is 3. The maximum Gasteiger partial charge on any atom is 0.474 e. The van der Waals surface area contributed by atoms with Gasteiger partial charge in [-0.15, -0.1) is 0 Å². The number of halogens is 9. The van der Waals surface area contributed by atoms with Gasteiger partial charge in [-0.2, -0.15) is 0 Å². The Bertz CT molecular complexity index is 4520. The fraction of sp³-hybridized carbons (Fsp3) is 0.346. The van der Waals surface area contributed by atoms with Crippen LogP contribution in [0.2, 0.25) is 15.1 Å². The molecule has 3 heterocycles. The number of fused-ring (bicyclic) bond motifs is 3. The molecule has 0 spiro atoms. The smallest absolute Gasteiger partial charge is 0.447 e. The molecule has 0 bridgehead atoms. The molecule has 6 N–H and O–H groups in total. The summed E-state index contributed by atoms with van der Waals surface area (Å²) in [5.41, 5.74) is -2.89. The van der Waals surface area contributed by atoms with Gasteiger partial charge in [0, 0.05) is 75.5 Å². The Morgan fingerprint density at radius 3 is 0.938 bits per heavy atom. The van der Waals surface area contributed by atoms with Crippen molar-refractivity contribution < 1.29 is 87.5 Å². The molecule has 3 aromatic heterocycles. The summed E-state index contributed by atoms with van der Waals surface area (Å²) in [7, 11) is -0.776. The molecule has 35 heteroatoms. The summed E-state index contributed by atoms with van der Waals surface area (Å²) in [4.78, 5) is 99.6. The fourth-order valence-electron chi connectivity index (χ4n) is 11.8. The van der Waals surface area contributed by atoms with Crippen LogP contribution in [0.4, 0.5) is 72.6 Å². The fourth-order valence-corrected chi connectivity index (χ4v) is 14.1. The quantitative estimate of drug-likeness (QED) is 0.0127. The summed E-state index contributed by atoms with van der Waals surface area (Å²) in [6.45, 7) is 6.30. The van der Waals surface area contributed by atoms with E-state index in [1.165, 1.54) is 164 Å². The van der Waals surface area contributed by atoms with Crippen molar-refractivity contribution in [2.45, 2.75) is 98.6 Å². The third kappa shape index (κ3) is 25.4. The number of hydrogen-bond donors (Lipinski definition) is 6. The molecule has 113 heavy (non-hydrogen) atoms. The van der Waals surface area contributed by atoms with Crippen molar-refractivity contribution in [3.63, 3.8) is 0 Å². The molecule has 3 atom stereocenters. The van der Waals surface area contributed by atoms with Crippen LogP contribution >= 0.6 is 42.6 Å². The van der Waals surface area contributed by atoms with Crippen molar-refractivity contribution in [2.75, 3.05) is 76.7 Å². The lowest BCUT2D eigenvalue weighted by Gasteiger charge is -2.37. The van der Waals surface area contributed by atoms with Gasteiger partial charge in [0.2, 0.25) is 0 Å². The van der Waals surface area contributed by atoms with E-state index in [2.05, 4.69) is 46.9 Å². The number of pyridine rings is 3. The molecule has 6 aromatic carbocycles. The van der Waals surface area contributed by atoms with E-state index in [0.29, 0.717) is 32.3 Å². The van der Waals surface area contributed by atoms with Gasteiger partial charge in [-0.05, 0) is 159 Å². The molecule has 9 aromatic rings. The van der Waals surface area contributed by atoms with Crippen molar-refractivity contribution in [1.82, 2.24) is 45.6 Å². The van der Waals surface area contributed by atoms with Crippen LogP contribution in [0.15, 0.2) is 146 Å². The molecule has 0 saturated carbocycles. The van der Waals surface area contributed by atoms with E-state index < -0.39 is 153 Å². The summed E-state index contributed by atoms with van der Waals surface area (Å²) in [6, 6.07) is 23.2. The van der Waals surface area contributed by atoms with Crippen LogP contribution in [0.5, 0.6) is 0 Å². The number of phosphoric acid groups is 1. The first-order chi connectivity index (χ1) is 53.4. The van der Waals surface area contributed by atoms with Crippen LogP contribution in [-0.2, 0) is 52.0 Å². The highest BCUT2D eigenvalue weighted by Gasteiger charge is 2.40. The van der Waals surface area contributed by atoms with E-state index in [9.17, 15) is 55.1 Å². The maximum atomic E-state index is 15.9. The first-order valence-corrected chi connectivity index (χ1v) is 37.8. The molecule has 25 nitrogen and oxygen atoms in total. The molecule has 0 aliphatic carbocycles. The van der Waals surface area contributed by atoms with Crippen LogP contribution in [0.1, 0.15) is 77.5 Å². The standard InChI is InChI=1S/C78H84Cl3F6N12O13P/c1-76(2,31-58(97(7)70(100)91-37-49-13-10-16-61(85)67(49)79)40-107-73(103)94-64-28-52-25-55(82)22-19-46(52)34-88-64)43-110-113(106,111-44-77(3,4)32-59(98(8)71(101)92-38-50-14-11-17-62(86)68(50)80)41-108-74(104)95-65-29-53-26-56(83)23-20-47(53)35-89-65)112-45-78(5,6)33-60(99(9)72(102)93-39-51-15-12-18-63(87)69(51)81)42-109-75(105)96-66-30-54-27-57(84)24-21-48(54)36-90-66/h10-30,34-36,58-60H,31-33,37-45H2,1-9H3,(H,91,100)(H,92,101)(H,93,102)(H,88,94,103)(H,89,95,104)(H,90,96,105)/t58-,59-,60-/m0/s1. The van der Waals surface area contributed by atoms with E-state index in [1.54, 1.807) is 41.5 Å². The van der Waals surface area contributed by atoms with Crippen LogP contribution < -0.4 is 31.9 Å². The lowest BCUT2D eigenvalue weighted by Crippen LogP contribution is -2.48. The van der Waals surface area contributed by atoms with Crippen molar-refractivity contribution in [2.24, 2.45) is 16.2 Å². The Morgan fingerprint density at radius 2 is 0.673 bits per heavy atom. The number of nitrogens with one attached hydrogen (secondary N) is 6. The second-order valence-corrected chi connectivity index (χ2v) is 31.9. The number of amides is 9. The zero-order valence-corrected chi connectivity index (χ0v) is 66.1. The van der Waals surface area contributed by atoms with Gasteiger partial charge < -0.3 is 44.9 Å². The molecule has 0 aliphatic rings. The van der Waals surface area contributed by atoms with Gasteiger partial charge in [-0.1, -0.05) is 113 Å². The molecule has 0 radical (unpaired) electrons. The zero-order valence-electron chi connectivity index (χ0n) is 62.9. The highest BCUT2D eigenvalue weighted by molar-refractivity contribution is 7.48. The number of hydrogen-bond acceptors (Lipinski definition) is 16. The predicted molar refractivity (Wildman–Crippen MR) is 416 cm³/mol. The minimum Gasteiger partial charge on any atom is -0.447 e. The Labute approximate surface area is 662 Å². The van der Waals surface area contributed by atoms with Gasteiger partial charge >= 0.3 is 44.2 Å². The third-order valence-electron chi connectivity index (χ3n) is 18.2. The van der Waals surface area contributed by atoms with Gasteiger partial charge in [-0.3, -0.25) is 29.5 Å². The topological polar surface area (TPSA) is 295 Å². The Hall–Kier alpha value is -10.3. The Kier molecular flexibility index (Phi) is 29.5. The molecular formula is C78H84Cl3F6N12O13P. The number of aromatic nitrogens is 3. The van der Waals surface area contributed by atoms with Crippen molar-refractivity contribution >= 4 is 129 Å². The average Bonchev–Trinajstić information content (AvgIpc) is 0.838. The van der Waals surface area contributed by atoms with E-state index in [-0.39, 0.29) is 88.1 Å². The molecular weight excluding hydrogens is 1560 g/mol. The van der Waals surface area contributed by atoms with Crippen LogP contribution in [0.25, 0.3) is 32.3 Å². The van der Waals surface area contributed by atoms with Gasteiger partial charge in [0.1, 0.15) is 72.2 Å². The summed E-state index contributed by atoms with van der Waals surface area (Å²) < 4.78 is 139. The van der Waals surface area contributed by atoms with Gasteiger partial charge in [0.15, 0.2) is 0 Å². The van der Waals surface area contributed by atoms with Crippen molar-refractivity contribution in [3.8, 4) is 0 Å². The molecule has 0 aliphatic heterocycles. The van der Waals surface area contributed by atoms with E-state index in [4.69, 9.17) is 62.6 Å². The number of anilines is 3. The first-order valence-electron chi connectivity index (χ1n) is 35.2. The largest absolute Gasteiger partial charge is 0.474 e. The van der Waals surface area contributed by atoms with Gasteiger partial charge in [0.05, 0.1) is 53.0 Å². The van der Waals surface area contributed by atoms with Crippen LogP contribution in [0, 0.1) is 51.1 Å². The van der Waals surface area contributed by atoms with Crippen molar-refractivity contribution in [1.29, 1.82) is 0 Å². The molecule has 0 unspecified atom stereocenters. The number of carbonyl (C=O) groups is 6. The number of phosphoric ester groups is 1. The van der Waals surface area contributed by atoms with Gasteiger partial charge in [-0.25, -0.2) is 74.6 Å². The first kappa shape index (κ1) is 86.7. The molecule has 0 fully saturated rings. The van der Waals surface area contributed by atoms with Crippen LogP contribution in [-0.4, -0.2) is 145 Å². The number of ether oxygens (including phenoxy) is 3. The van der Waals surface area contributed by atoms with E-state index >= 15 is 4.57 Å². The maximum absolute atomic E-state index is 15.9. The number of benzene rings is 6. The van der Waals surface area contributed by atoms with E-state index in [0.717, 1.165) is 18.2 Å². The Morgan fingerprint density at radius 1 is 0.407 bits per heavy atom. The van der Waals surface area contributed by atoms with E-state index in [1.807, 2.05) is 0 Å². The number of carbonyl (C=O) groups excluding carboxylic acids is 6. The molecule has 9 rings (SSSR count). The molecule has 602 valence electrons. The molecule has 9 amide bonds. The van der Waals surface area contributed by atoms with Crippen molar-refractivity contribution in [3.05, 3.63) is 213 Å². The predicted octanol–water partition coefficient (Wildman–Crippen LogP) is 18.2. The summed E-state index contributed by atoms with van der Waals surface area (Å²) in [5, 5.41) is 18.0. The number of urea groups is 3.